The van der Waals surface area contributed by atoms with Crippen molar-refractivity contribution in [1.29, 1.82) is 0 Å². The number of amides is 1. The third-order valence-electron chi connectivity index (χ3n) is 2.60. The Hall–Kier alpha value is -1.26. The fourth-order valence-corrected chi connectivity index (χ4v) is 1.84. The molecule has 6 heteroatoms. The molecular weight excluding hydrogens is 289 g/mol. The van der Waals surface area contributed by atoms with Crippen molar-refractivity contribution in [2.75, 3.05) is 0 Å². The van der Waals surface area contributed by atoms with Crippen molar-refractivity contribution in [3.8, 4) is 0 Å². The van der Waals surface area contributed by atoms with Gasteiger partial charge < -0.3 is 10.4 Å². The second kappa shape index (κ2) is 7.36. The summed E-state index contributed by atoms with van der Waals surface area (Å²) in [5.74, 6) is -1.31. The molecule has 0 heterocycles. The first-order valence-electron chi connectivity index (χ1n) is 5.86. The predicted octanol–water partition coefficient (Wildman–Crippen LogP) is 2.91. The molecule has 4 nitrogen and oxygen atoms in total. The molecule has 1 rings (SSSR count). The normalized spacial score (nSPS) is 11.9. The van der Waals surface area contributed by atoms with Gasteiger partial charge in [0, 0.05) is 6.42 Å². The van der Waals surface area contributed by atoms with Crippen LogP contribution in [0.3, 0.4) is 0 Å². The van der Waals surface area contributed by atoms with Crippen LogP contribution in [-0.4, -0.2) is 23.0 Å². The molecule has 0 saturated carbocycles. The lowest BCUT2D eigenvalue weighted by molar-refractivity contribution is -0.141. The van der Waals surface area contributed by atoms with Crippen LogP contribution in [0.25, 0.3) is 0 Å². The maximum Gasteiger partial charge on any atom is 0.325 e. The molecule has 0 fully saturated rings. The van der Waals surface area contributed by atoms with Gasteiger partial charge in [-0.25, -0.2) is 0 Å². The average molecular weight is 304 g/mol. The minimum absolute atomic E-state index is 0.269. The van der Waals surface area contributed by atoms with E-state index in [9.17, 15) is 9.59 Å². The van der Waals surface area contributed by atoms with E-state index in [1.165, 1.54) is 6.92 Å². The van der Waals surface area contributed by atoms with Gasteiger partial charge in [0.25, 0.3) is 0 Å². The number of carboxylic acid groups (broad SMARTS) is 1. The number of benzene rings is 1. The van der Waals surface area contributed by atoms with Gasteiger partial charge in [-0.15, -0.1) is 0 Å². The van der Waals surface area contributed by atoms with Crippen molar-refractivity contribution in [2.45, 2.75) is 32.2 Å². The summed E-state index contributed by atoms with van der Waals surface area (Å²) in [6.45, 7) is 1.43. The monoisotopic (exact) mass is 303 g/mol. The van der Waals surface area contributed by atoms with Crippen molar-refractivity contribution in [3.05, 3.63) is 33.8 Å². The molecule has 104 valence electrons. The zero-order chi connectivity index (χ0) is 14.4. The molecular formula is C13H15Cl2NO3. The first-order chi connectivity index (χ1) is 8.90. The lowest BCUT2D eigenvalue weighted by Gasteiger charge is -2.09. The van der Waals surface area contributed by atoms with Crippen molar-refractivity contribution >= 4 is 35.1 Å². The van der Waals surface area contributed by atoms with Crippen LogP contribution in [-0.2, 0) is 16.0 Å². The van der Waals surface area contributed by atoms with Crippen LogP contribution in [0, 0.1) is 0 Å². The lowest BCUT2D eigenvalue weighted by Crippen LogP contribution is -2.38. The molecule has 19 heavy (non-hydrogen) atoms. The summed E-state index contributed by atoms with van der Waals surface area (Å²) in [5.41, 5.74) is 0.994. The second-order valence-electron chi connectivity index (χ2n) is 4.23. The number of carboxylic acids is 1. The maximum atomic E-state index is 11.4. The number of rotatable bonds is 6. The molecule has 0 aliphatic heterocycles. The Morgan fingerprint density at radius 1 is 1.32 bits per heavy atom. The zero-order valence-electron chi connectivity index (χ0n) is 10.5. The van der Waals surface area contributed by atoms with Crippen LogP contribution in [0.2, 0.25) is 10.0 Å². The molecule has 1 aromatic rings. The summed E-state index contributed by atoms with van der Waals surface area (Å²) in [6.07, 6.45) is 1.58. The standard InChI is InChI=1S/C13H15Cl2NO3/c1-8(13(18)19)16-12(17)4-2-3-9-5-6-10(14)11(15)7-9/h5-8H,2-4H2,1H3,(H,16,17)(H,18,19)/t8-/m0/s1. The fourth-order valence-electron chi connectivity index (χ4n) is 1.52. The third-order valence-corrected chi connectivity index (χ3v) is 3.34. The number of hydrogen-bond acceptors (Lipinski definition) is 2. The van der Waals surface area contributed by atoms with Crippen LogP contribution in [0.4, 0.5) is 0 Å². The van der Waals surface area contributed by atoms with Crippen LogP contribution in [0.5, 0.6) is 0 Å². The van der Waals surface area contributed by atoms with E-state index in [-0.39, 0.29) is 12.3 Å². The van der Waals surface area contributed by atoms with Gasteiger partial charge in [0.2, 0.25) is 5.91 Å². The van der Waals surface area contributed by atoms with Gasteiger partial charge in [-0.2, -0.15) is 0 Å². The van der Waals surface area contributed by atoms with Crippen molar-refractivity contribution < 1.29 is 14.7 Å². The number of hydrogen-bond donors (Lipinski definition) is 2. The van der Waals surface area contributed by atoms with E-state index in [4.69, 9.17) is 28.3 Å². The molecule has 0 spiro atoms. The predicted molar refractivity (Wildman–Crippen MR) is 74.6 cm³/mol. The topological polar surface area (TPSA) is 66.4 Å². The lowest BCUT2D eigenvalue weighted by atomic mass is 10.1. The van der Waals surface area contributed by atoms with Gasteiger partial charge in [0.15, 0.2) is 0 Å². The number of aryl methyl sites for hydroxylation is 1. The number of carbonyl (C=O) groups is 2. The van der Waals surface area contributed by atoms with Gasteiger partial charge in [-0.1, -0.05) is 29.3 Å². The second-order valence-corrected chi connectivity index (χ2v) is 5.04. The molecule has 0 saturated heterocycles. The highest BCUT2D eigenvalue weighted by molar-refractivity contribution is 6.42. The summed E-state index contributed by atoms with van der Waals surface area (Å²) in [6, 6.07) is 4.47. The molecule has 2 N–H and O–H groups in total. The number of halogens is 2. The Kier molecular flexibility index (Phi) is 6.12. The number of nitrogens with one attached hydrogen (secondary N) is 1. The smallest absolute Gasteiger partial charge is 0.325 e. The average Bonchev–Trinajstić information content (AvgIpc) is 2.33. The van der Waals surface area contributed by atoms with E-state index in [0.29, 0.717) is 22.9 Å². The van der Waals surface area contributed by atoms with E-state index in [1.54, 1.807) is 12.1 Å². The summed E-state index contributed by atoms with van der Waals surface area (Å²) in [4.78, 5) is 22.0. The molecule has 0 unspecified atom stereocenters. The van der Waals surface area contributed by atoms with Crippen molar-refractivity contribution in [2.24, 2.45) is 0 Å². The highest BCUT2D eigenvalue weighted by atomic mass is 35.5. The molecule has 1 amide bonds. The summed E-state index contributed by atoms with van der Waals surface area (Å²) in [7, 11) is 0. The van der Waals surface area contributed by atoms with E-state index in [0.717, 1.165) is 5.56 Å². The largest absolute Gasteiger partial charge is 0.480 e. The van der Waals surface area contributed by atoms with E-state index in [1.807, 2.05) is 6.07 Å². The molecule has 0 aromatic heterocycles. The highest BCUT2D eigenvalue weighted by Crippen LogP contribution is 2.23. The Morgan fingerprint density at radius 3 is 2.58 bits per heavy atom. The van der Waals surface area contributed by atoms with Gasteiger partial charge in [0.05, 0.1) is 10.0 Å². The van der Waals surface area contributed by atoms with Gasteiger partial charge in [0.1, 0.15) is 6.04 Å². The molecule has 1 aromatic carbocycles. The van der Waals surface area contributed by atoms with Crippen molar-refractivity contribution in [1.82, 2.24) is 5.32 Å². The van der Waals surface area contributed by atoms with Crippen LogP contribution in [0.1, 0.15) is 25.3 Å². The van der Waals surface area contributed by atoms with Gasteiger partial charge in [-0.3, -0.25) is 9.59 Å². The van der Waals surface area contributed by atoms with Gasteiger partial charge in [-0.05, 0) is 37.5 Å². The van der Waals surface area contributed by atoms with Crippen LogP contribution >= 0.6 is 23.2 Å². The summed E-state index contributed by atoms with van der Waals surface area (Å²) < 4.78 is 0. The Labute approximate surface area is 121 Å². The highest BCUT2D eigenvalue weighted by Gasteiger charge is 2.13. The molecule has 0 aliphatic carbocycles. The first kappa shape index (κ1) is 15.8. The molecule has 0 bridgehead atoms. The Morgan fingerprint density at radius 2 is 2.00 bits per heavy atom. The zero-order valence-corrected chi connectivity index (χ0v) is 12.0. The quantitative estimate of drug-likeness (QED) is 0.849. The van der Waals surface area contributed by atoms with Crippen LogP contribution in [0.15, 0.2) is 18.2 Å². The molecule has 0 aliphatic rings. The molecule has 0 radical (unpaired) electrons. The summed E-state index contributed by atoms with van der Waals surface area (Å²) in [5, 5.41) is 12.0. The Bertz CT molecular complexity index is 477. The van der Waals surface area contributed by atoms with Crippen molar-refractivity contribution in [3.63, 3.8) is 0 Å². The number of carbonyl (C=O) groups excluding carboxylic acids is 1. The SMILES string of the molecule is C[C@H](NC(=O)CCCc1ccc(Cl)c(Cl)c1)C(=O)O. The fraction of sp³-hybridized carbons (Fsp3) is 0.385. The first-order valence-corrected chi connectivity index (χ1v) is 6.62. The molecule has 1 atom stereocenters. The minimum atomic E-state index is -1.04. The maximum absolute atomic E-state index is 11.4. The third kappa shape index (κ3) is 5.49. The minimum Gasteiger partial charge on any atom is -0.480 e. The van der Waals surface area contributed by atoms with Crippen LogP contribution < -0.4 is 5.32 Å². The summed E-state index contributed by atoms with van der Waals surface area (Å²) >= 11 is 11.7. The van der Waals surface area contributed by atoms with E-state index < -0.39 is 12.0 Å². The van der Waals surface area contributed by atoms with E-state index in [2.05, 4.69) is 5.32 Å². The number of aliphatic carboxylic acids is 1. The Balaban J connectivity index is 2.35. The van der Waals surface area contributed by atoms with E-state index >= 15 is 0 Å². The van der Waals surface area contributed by atoms with Gasteiger partial charge >= 0.3 is 5.97 Å².